The van der Waals surface area contributed by atoms with Crippen LogP contribution in [0.3, 0.4) is 0 Å². The highest BCUT2D eigenvalue weighted by molar-refractivity contribution is 6.30. The zero-order valence-corrected chi connectivity index (χ0v) is 20.6. The SMILES string of the molecule is CCOc1ccc(CNC(=O)[C@@H]2CCCN(c3ccc(=O)n(-c4cccc(Cl)c4)n3)C2)cc1OC. The summed E-state index contributed by atoms with van der Waals surface area (Å²) in [7, 11) is 1.60. The lowest BCUT2D eigenvalue weighted by Gasteiger charge is -2.33. The molecule has 1 atom stereocenters. The number of ether oxygens (including phenoxy) is 2. The first kappa shape index (κ1) is 24.6. The van der Waals surface area contributed by atoms with Gasteiger partial charge in [0.05, 0.1) is 25.3 Å². The summed E-state index contributed by atoms with van der Waals surface area (Å²) in [6, 6.07) is 15.9. The highest BCUT2D eigenvalue weighted by Gasteiger charge is 2.27. The molecular formula is C26H29ClN4O4. The molecule has 0 aliphatic carbocycles. The van der Waals surface area contributed by atoms with E-state index in [9.17, 15) is 9.59 Å². The number of methoxy groups -OCH3 is 1. The van der Waals surface area contributed by atoms with Crippen LogP contribution >= 0.6 is 11.6 Å². The van der Waals surface area contributed by atoms with E-state index in [1.807, 2.05) is 30.0 Å². The summed E-state index contributed by atoms with van der Waals surface area (Å²) in [5, 5.41) is 8.12. The second-order valence-corrected chi connectivity index (χ2v) is 8.78. The number of halogens is 1. The van der Waals surface area contributed by atoms with E-state index in [1.165, 1.54) is 10.7 Å². The third kappa shape index (κ3) is 5.95. The molecule has 184 valence electrons. The molecule has 35 heavy (non-hydrogen) atoms. The molecule has 0 spiro atoms. The molecule has 8 nitrogen and oxygen atoms in total. The van der Waals surface area contributed by atoms with Crippen molar-refractivity contribution < 1.29 is 14.3 Å². The van der Waals surface area contributed by atoms with Crippen LogP contribution in [0.4, 0.5) is 5.82 Å². The zero-order chi connectivity index (χ0) is 24.8. The van der Waals surface area contributed by atoms with Crippen LogP contribution in [-0.2, 0) is 11.3 Å². The first-order valence-electron chi connectivity index (χ1n) is 11.7. The Morgan fingerprint density at radius 1 is 1.17 bits per heavy atom. The number of benzene rings is 2. The summed E-state index contributed by atoms with van der Waals surface area (Å²) in [5.41, 5.74) is 1.29. The number of rotatable bonds is 8. The number of nitrogens with one attached hydrogen (secondary N) is 1. The summed E-state index contributed by atoms with van der Waals surface area (Å²) in [6.45, 7) is 4.16. The standard InChI is InChI=1S/C26H29ClN4O4/c1-3-35-22-10-9-18(14-23(22)34-2)16-28-26(33)19-6-5-13-30(17-19)24-11-12-25(32)31(29-24)21-8-4-7-20(27)15-21/h4,7-12,14-15,19H,3,5-6,13,16-17H2,1-2H3,(H,28,33)/t19-/m1/s1. The van der Waals surface area contributed by atoms with Crippen molar-refractivity contribution in [2.75, 3.05) is 31.7 Å². The summed E-state index contributed by atoms with van der Waals surface area (Å²) in [4.78, 5) is 27.4. The summed E-state index contributed by atoms with van der Waals surface area (Å²) < 4.78 is 12.3. The molecule has 0 saturated carbocycles. The van der Waals surface area contributed by atoms with Crippen LogP contribution < -0.4 is 25.2 Å². The average Bonchev–Trinajstić information content (AvgIpc) is 2.88. The van der Waals surface area contributed by atoms with E-state index in [1.54, 1.807) is 37.4 Å². The summed E-state index contributed by atoms with van der Waals surface area (Å²) in [5.74, 6) is 1.79. The number of amides is 1. The Bertz CT molecular complexity index is 1250. The van der Waals surface area contributed by atoms with Crippen molar-refractivity contribution >= 4 is 23.3 Å². The van der Waals surface area contributed by atoms with Crippen molar-refractivity contribution in [1.82, 2.24) is 15.1 Å². The van der Waals surface area contributed by atoms with Gasteiger partial charge in [-0.3, -0.25) is 9.59 Å². The Hall–Kier alpha value is -3.52. The lowest BCUT2D eigenvalue weighted by Crippen LogP contribution is -2.43. The molecule has 1 saturated heterocycles. The molecule has 0 radical (unpaired) electrons. The van der Waals surface area contributed by atoms with E-state index >= 15 is 0 Å². The molecular weight excluding hydrogens is 468 g/mol. The molecule has 1 aliphatic heterocycles. The fourth-order valence-corrected chi connectivity index (χ4v) is 4.38. The molecule has 0 unspecified atom stereocenters. The molecule has 1 amide bonds. The number of hydrogen-bond acceptors (Lipinski definition) is 6. The Morgan fingerprint density at radius 2 is 2.03 bits per heavy atom. The van der Waals surface area contributed by atoms with E-state index in [4.69, 9.17) is 21.1 Å². The van der Waals surface area contributed by atoms with Crippen molar-refractivity contribution in [1.29, 1.82) is 0 Å². The van der Waals surface area contributed by atoms with Crippen LogP contribution in [0.1, 0.15) is 25.3 Å². The first-order chi connectivity index (χ1) is 17.0. The van der Waals surface area contributed by atoms with E-state index in [0.717, 1.165) is 24.9 Å². The van der Waals surface area contributed by atoms with Crippen LogP contribution in [0.2, 0.25) is 5.02 Å². The van der Waals surface area contributed by atoms with Crippen molar-refractivity contribution in [2.45, 2.75) is 26.3 Å². The van der Waals surface area contributed by atoms with Crippen LogP contribution in [0.15, 0.2) is 59.4 Å². The number of piperidine rings is 1. The summed E-state index contributed by atoms with van der Waals surface area (Å²) in [6.07, 6.45) is 1.65. The first-order valence-corrected chi connectivity index (χ1v) is 12.0. The monoisotopic (exact) mass is 496 g/mol. The topological polar surface area (TPSA) is 85.7 Å². The fourth-order valence-electron chi connectivity index (χ4n) is 4.19. The van der Waals surface area contributed by atoms with Gasteiger partial charge in [0.25, 0.3) is 5.56 Å². The molecule has 1 fully saturated rings. The largest absolute Gasteiger partial charge is 0.493 e. The molecule has 2 heterocycles. The van der Waals surface area contributed by atoms with Gasteiger partial charge in [-0.05, 0) is 61.7 Å². The maximum Gasteiger partial charge on any atom is 0.271 e. The van der Waals surface area contributed by atoms with Gasteiger partial charge in [-0.25, -0.2) is 0 Å². The van der Waals surface area contributed by atoms with Crippen molar-refractivity contribution in [3.05, 3.63) is 75.5 Å². The predicted octanol–water partition coefficient (Wildman–Crippen LogP) is 3.83. The second-order valence-electron chi connectivity index (χ2n) is 8.34. The Morgan fingerprint density at radius 3 is 2.80 bits per heavy atom. The lowest BCUT2D eigenvalue weighted by atomic mass is 9.97. The van der Waals surface area contributed by atoms with E-state index < -0.39 is 0 Å². The normalized spacial score (nSPS) is 15.5. The fraction of sp³-hybridized carbons (Fsp3) is 0.346. The minimum absolute atomic E-state index is 0.00860. The smallest absolute Gasteiger partial charge is 0.271 e. The molecule has 0 bridgehead atoms. The maximum atomic E-state index is 13.0. The van der Waals surface area contributed by atoms with Crippen LogP contribution in [-0.4, -0.2) is 42.5 Å². The molecule has 1 aliphatic rings. The van der Waals surface area contributed by atoms with Gasteiger partial charge in [-0.15, -0.1) is 5.10 Å². The van der Waals surface area contributed by atoms with Crippen molar-refractivity contribution in [3.8, 4) is 17.2 Å². The van der Waals surface area contributed by atoms with Crippen molar-refractivity contribution in [2.24, 2.45) is 5.92 Å². The minimum atomic E-state index is -0.242. The molecule has 2 aromatic carbocycles. The number of nitrogens with zero attached hydrogens (tertiary/aromatic N) is 3. The quantitative estimate of drug-likeness (QED) is 0.510. The predicted molar refractivity (Wildman–Crippen MR) is 136 cm³/mol. The third-order valence-corrected chi connectivity index (χ3v) is 6.18. The van der Waals surface area contributed by atoms with Crippen molar-refractivity contribution in [3.63, 3.8) is 0 Å². The number of anilines is 1. The molecule has 3 aromatic rings. The van der Waals surface area contributed by atoms with Gasteiger partial charge in [0, 0.05) is 30.7 Å². The van der Waals surface area contributed by atoms with E-state index in [0.29, 0.717) is 47.7 Å². The van der Waals surface area contributed by atoms with Gasteiger partial charge in [0.2, 0.25) is 5.91 Å². The van der Waals surface area contributed by atoms with Gasteiger partial charge < -0.3 is 19.7 Å². The number of hydrogen-bond donors (Lipinski definition) is 1. The van der Waals surface area contributed by atoms with Crippen LogP contribution in [0, 0.1) is 5.92 Å². The van der Waals surface area contributed by atoms with Gasteiger partial charge in [-0.1, -0.05) is 23.7 Å². The highest BCUT2D eigenvalue weighted by Crippen LogP contribution is 2.28. The number of carbonyl (C=O) groups excluding carboxylic acids is 1. The van der Waals surface area contributed by atoms with Gasteiger partial charge >= 0.3 is 0 Å². The molecule has 4 rings (SSSR count). The van der Waals surface area contributed by atoms with Crippen LogP contribution in [0.5, 0.6) is 11.5 Å². The van der Waals surface area contributed by atoms with Gasteiger partial charge in [0.15, 0.2) is 11.5 Å². The van der Waals surface area contributed by atoms with E-state index in [2.05, 4.69) is 10.4 Å². The third-order valence-electron chi connectivity index (χ3n) is 5.95. The second kappa shape index (κ2) is 11.3. The zero-order valence-electron chi connectivity index (χ0n) is 19.9. The van der Waals surface area contributed by atoms with Gasteiger partial charge in [-0.2, -0.15) is 4.68 Å². The average molecular weight is 497 g/mol. The minimum Gasteiger partial charge on any atom is -0.493 e. The van der Waals surface area contributed by atoms with E-state index in [-0.39, 0.29) is 17.4 Å². The van der Waals surface area contributed by atoms with Gasteiger partial charge in [0.1, 0.15) is 5.82 Å². The Labute approximate surface area is 209 Å². The lowest BCUT2D eigenvalue weighted by molar-refractivity contribution is -0.125. The van der Waals surface area contributed by atoms with Crippen LogP contribution in [0.25, 0.3) is 5.69 Å². The maximum absolute atomic E-state index is 13.0. The number of carbonyl (C=O) groups is 1. The Kier molecular flexibility index (Phi) is 7.92. The molecule has 1 aromatic heterocycles. The number of aromatic nitrogens is 2. The highest BCUT2D eigenvalue weighted by atomic mass is 35.5. The Balaban J connectivity index is 1.42. The summed E-state index contributed by atoms with van der Waals surface area (Å²) >= 11 is 6.09. The molecule has 9 heteroatoms. The molecule has 1 N–H and O–H groups in total.